The van der Waals surface area contributed by atoms with Crippen LogP contribution < -0.4 is 5.32 Å². The highest BCUT2D eigenvalue weighted by Crippen LogP contribution is 2.24. The van der Waals surface area contributed by atoms with E-state index in [1.807, 2.05) is 20.8 Å². The van der Waals surface area contributed by atoms with Crippen LogP contribution in [0.3, 0.4) is 0 Å². The van der Waals surface area contributed by atoms with Gasteiger partial charge in [-0.3, -0.25) is 9.59 Å². The van der Waals surface area contributed by atoms with Crippen molar-refractivity contribution < 1.29 is 19.1 Å². The Bertz CT molecular complexity index is 561. The van der Waals surface area contributed by atoms with E-state index in [2.05, 4.69) is 5.32 Å². The molecule has 1 aromatic rings. The van der Waals surface area contributed by atoms with Gasteiger partial charge >= 0.3 is 0 Å². The first-order valence-corrected chi connectivity index (χ1v) is 6.79. The SMILES string of the molecule is CC(C)(C)N1CC(NC(=O)c2c(O)cccc2F)CC1=O. The van der Waals surface area contributed by atoms with E-state index in [9.17, 15) is 19.1 Å². The van der Waals surface area contributed by atoms with E-state index in [-0.39, 0.29) is 29.5 Å². The number of phenols is 1. The van der Waals surface area contributed by atoms with E-state index in [1.54, 1.807) is 4.90 Å². The molecule has 0 saturated carbocycles. The van der Waals surface area contributed by atoms with Crippen LogP contribution in [-0.2, 0) is 4.79 Å². The minimum Gasteiger partial charge on any atom is -0.507 e. The van der Waals surface area contributed by atoms with E-state index in [4.69, 9.17) is 0 Å². The van der Waals surface area contributed by atoms with Gasteiger partial charge in [-0.2, -0.15) is 0 Å². The van der Waals surface area contributed by atoms with Gasteiger partial charge in [0.25, 0.3) is 5.91 Å². The number of hydrogen-bond donors (Lipinski definition) is 2. The highest BCUT2D eigenvalue weighted by Gasteiger charge is 2.37. The zero-order chi connectivity index (χ0) is 15.8. The number of carbonyl (C=O) groups excluding carboxylic acids is 2. The lowest BCUT2D eigenvalue weighted by molar-refractivity contribution is -0.131. The summed E-state index contributed by atoms with van der Waals surface area (Å²) in [4.78, 5) is 25.7. The van der Waals surface area contributed by atoms with Gasteiger partial charge < -0.3 is 15.3 Å². The first-order valence-electron chi connectivity index (χ1n) is 6.79. The van der Waals surface area contributed by atoms with Crippen molar-refractivity contribution in [3.8, 4) is 5.75 Å². The summed E-state index contributed by atoms with van der Waals surface area (Å²) in [7, 11) is 0. The number of nitrogens with zero attached hydrogens (tertiary/aromatic N) is 1. The number of benzene rings is 1. The Morgan fingerprint density at radius 2 is 2.10 bits per heavy atom. The Morgan fingerprint density at radius 1 is 1.43 bits per heavy atom. The third kappa shape index (κ3) is 3.15. The molecule has 1 unspecified atom stereocenters. The number of likely N-dealkylation sites (tertiary alicyclic amines) is 1. The first kappa shape index (κ1) is 15.3. The standard InChI is InChI=1S/C15H19FN2O3/c1-15(2,3)18-8-9(7-12(18)20)17-14(21)13-10(16)5-4-6-11(13)19/h4-6,9,19H,7-8H2,1-3H3,(H,17,21). The average molecular weight is 294 g/mol. The molecule has 5 nitrogen and oxygen atoms in total. The van der Waals surface area contributed by atoms with Crippen molar-refractivity contribution in [1.82, 2.24) is 10.2 Å². The van der Waals surface area contributed by atoms with Crippen molar-refractivity contribution in [2.45, 2.75) is 38.8 Å². The topological polar surface area (TPSA) is 69.6 Å². The molecule has 0 spiro atoms. The second kappa shape index (κ2) is 5.35. The van der Waals surface area contributed by atoms with Gasteiger partial charge in [0.05, 0.1) is 6.04 Å². The maximum absolute atomic E-state index is 13.6. The molecule has 0 aromatic heterocycles. The highest BCUT2D eigenvalue weighted by molar-refractivity contribution is 5.97. The number of rotatable bonds is 2. The van der Waals surface area contributed by atoms with Crippen molar-refractivity contribution >= 4 is 11.8 Å². The monoisotopic (exact) mass is 294 g/mol. The van der Waals surface area contributed by atoms with Gasteiger partial charge in [0.15, 0.2) is 0 Å². The third-order valence-corrected chi connectivity index (χ3v) is 3.49. The summed E-state index contributed by atoms with van der Waals surface area (Å²) in [6.07, 6.45) is 0.179. The van der Waals surface area contributed by atoms with Crippen molar-refractivity contribution in [3.63, 3.8) is 0 Å². The molecule has 1 aliphatic rings. The van der Waals surface area contributed by atoms with Gasteiger partial charge in [0.1, 0.15) is 17.1 Å². The molecule has 0 radical (unpaired) electrons. The Hall–Kier alpha value is -2.11. The predicted octanol–water partition coefficient (Wildman–Crippen LogP) is 1.66. The van der Waals surface area contributed by atoms with Crippen molar-refractivity contribution in [2.24, 2.45) is 0 Å². The second-order valence-electron chi connectivity index (χ2n) is 6.18. The van der Waals surface area contributed by atoms with Crippen molar-refractivity contribution in [3.05, 3.63) is 29.6 Å². The van der Waals surface area contributed by atoms with Gasteiger partial charge in [-0.1, -0.05) is 6.07 Å². The second-order valence-corrected chi connectivity index (χ2v) is 6.18. The fourth-order valence-electron chi connectivity index (χ4n) is 2.45. The summed E-state index contributed by atoms with van der Waals surface area (Å²) in [6, 6.07) is 3.29. The number of nitrogens with one attached hydrogen (secondary N) is 1. The number of halogens is 1. The smallest absolute Gasteiger partial charge is 0.258 e. The summed E-state index contributed by atoms with van der Waals surface area (Å²) >= 11 is 0. The van der Waals surface area contributed by atoms with Crippen molar-refractivity contribution in [2.75, 3.05) is 6.54 Å². The minimum absolute atomic E-state index is 0.0504. The molecule has 6 heteroatoms. The van der Waals surface area contributed by atoms with Crippen LogP contribution in [0.25, 0.3) is 0 Å². The van der Waals surface area contributed by atoms with Gasteiger partial charge in [0, 0.05) is 18.5 Å². The third-order valence-electron chi connectivity index (χ3n) is 3.49. The summed E-state index contributed by atoms with van der Waals surface area (Å²) in [5, 5.41) is 12.2. The number of hydrogen-bond acceptors (Lipinski definition) is 3. The van der Waals surface area contributed by atoms with Gasteiger partial charge in [-0.05, 0) is 32.9 Å². The first-order chi connectivity index (χ1) is 9.70. The van der Waals surface area contributed by atoms with Crippen LogP contribution in [0.2, 0.25) is 0 Å². The summed E-state index contributed by atoms with van der Waals surface area (Å²) in [5.41, 5.74) is -0.712. The number of phenolic OH excluding ortho intramolecular Hbond substituents is 1. The summed E-state index contributed by atoms with van der Waals surface area (Å²) in [6.45, 7) is 6.12. The lowest BCUT2D eigenvalue weighted by Crippen LogP contribution is -2.44. The van der Waals surface area contributed by atoms with E-state index in [0.717, 1.165) is 6.07 Å². The maximum Gasteiger partial charge on any atom is 0.258 e. The Morgan fingerprint density at radius 3 is 2.62 bits per heavy atom. The molecule has 1 aromatic carbocycles. The Labute approximate surface area is 122 Å². The molecular formula is C15H19FN2O3. The van der Waals surface area contributed by atoms with Crippen LogP contribution in [0.5, 0.6) is 5.75 Å². The number of amides is 2. The molecule has 0 bridgehead atoms. The fourth-order valence-corrected chi connectivity index (χ4v) is 2.45. The zero-order valence-electron chi connectivity index (χ0n) is 12.3. The molecule has 21 heavy (non-hydrogen) atoms. The molecule has 114 valence electrons. The fraction of sp³-hybridized carbons (Fsp3) is 0.467. The maximum atomic E-state index is 13.6. The predicted molar refractivity (Wildman–Crippen MR) is 75.4 cm³/mol. The summed E-state index contributed by atoms with van der Waals surface area (Å²) < 4.78 is 13.6. The molecular weight excluding hydrogens is 275 g/mol. The quantitative estimate of drug-likeness (QED) is 0.871. The van der Waals surface area contributed by atoms with Crippen LogP contribution >= 0.6 is 0 Å². The molecule has 1 heterocycles. The number of aromatic hydroxyl groups is 1. The molecule has 1 atom stereocenters. The van der Waals surface area contributed by atoms with E-state index < -0.39 is 17.5 Å². The molecule has 0 aliphatic carbocycles. The van der Waals surface area contributed by atoms with Gasteiger partial charge in [-0.25, -0.2) is 4.39 Å². The van der Waals surface area contributed by atoms with E-state index >= 15 is 0 Å². The normalized spacial score (nSPS) is 19.0. The molecule has 1 fully saturated rings. The Balaban J connectivity index is 2.10. The highest BCUT2D eigenvalue weighted by atomic mass is 19.1. The molecule has 2 N–H and O–H groups in total. The lowest BCUT2D eigenvalue weighted by atomic mass is 10.1. The molecule has 1 saturated heterocycles. The van der Waals surface area contributed by atoms with Crippen LogP contribution in [0.4, 0.5) is 4.39 Å². The number of carbonyl (C=O) groups is 2. The van der Waals surface area contributed by atoms with Crippen LogP contribution in [0.15, 0.2) is 18.2 Å². The molecule has 2 amide bonds. The van der Waals surface area contributed by atoms with Crippen LogP contribution in [0, 0.1) is 5.82 Å². The van der Waals surface area contributed by atoms with Crippen LogP contribution in [0.1, 0.15) is 37.6 Å². The van der Waals surface area contributed by atoms with Gasteiger partial charge in [0.2, 0.25) is 5.91 Å². The van der Waals surface area contributed by atoms with Crippen molar-refractivity contribution in [1.29, 1.82) is 0 Å². The summed E-state index contributed by atoms with van der Waals surface area (Å²) in [5.74, 6) is -1.96. The molecule has 2 rings (SSSR count). The van der Waals surface area contributed by atoms with E-state index in [0.29, 0.717) is 6.54 Å². The van der Waals surface area contributed by atoms with E-state index in [1.165, 1.54) is 12.1 Å². The lowest BCUT2D eigenvalue weighted by Gasteiger charge is -2.32. The van der Waals surface area contributed by atoms with Crippen LogP contribution in [-0.4, -0.2) is 39.9 Å². The largest absolute Gasteiger partial charge is 0.507 e. The van der Waals surface area contributed by atoms with Gasteiger partial charge in [-0.15, -0.1) is 0 Å². The average Bonchev–Trinajstić information content (AvgIpc) is 2.69. The zero-order valence-corrected chi connectivity index (χ0v) is 12.3. The molecule has 1 aliphatic heterocycles. The minimum atomic E-state index is -0.787. The Kier molecular flexibility index (Phi) is 3.89.